The van der Waals surface area contributed by atoms with Gasteiger partial charge in [-0.25, -0.2) is 9.59 Å². The van der Waals surface area contributed by atoms with Gasteiger partial charge in [-0.3, -0.25) is 4.79 Å². The minimum atomic E-state index is -1.63. The molecule has 0 radical (unpaired) electrons. The Morgan fingerprint density at radius 3 is 1.97 bits per heavy atom. The monoisotopic (exact) mass is 498 g/mol. The molecule has 0 spiro atoms. The molecule has 3 atom stereocenters. The van der Waals surface area contributed by atoms with Gasteiger partial charge in [0.15, 0.2) is 6.10 Å². The summed E-state index contributed by atoms with van der Waals surface area (Å²) in [7, 11) is 0. The summed E-state index contributed by atoms with van der Waals surface area (Å²) in [5.74, 6) is -1.29. The number of nitrogens with one attached hydrogen (secondary N) is 2. The molecule has 2 rings (SSSR count). The number of amides is 2. The Morgan fingerprint density at radius 1 is 0.889 bits per heavy atom. The Bertz CT molecular complexity index is 973. The zero-order valence-electron chi connectivity index (χ0n) is 21.7. The summed E-state index contributed by atoms with van der Waals surface area (Å²) in [6.45, 7) is 9.08. The number of benzene rings is 2. The van der Waals surface area contributed by atoms with E-state index >= 15 is 0 Å². The predicted octanol–water partition coefficient (Wildman–Crippen LogP) is 3.76. The van der Waals surface area contributed by atoms with Gasteiger partial charge in [0.25, 0.3) is 5.91 Å². The first-order valence-electron chi connectivity index (χ1n) is 12.2. The highest BCUT2D eigenvalue weighted by atomic mass is 16.6. The molecule has 0 aromatic heterocycles. The van der Waals surface area contributed by atoms with Crippen LogP contribution >= 0.6 is 0 Å². The van der Waals surface area contributed by atoms with Crippen molar-refractivity contribution >= 4 is 18.0 Å². The van der Waals surface area contributed by atoms with Crippen molar-refractivity contribution in [3.63, 3.8) is 0 Å². The lowest BCUT2D eigenvalue weighted by Crippen LogP contribution is -2.55. The Balaban J connectivity index is 2.12. The second-order valence-electron chi connectivity index (χ2n) is 10.2. The van der Waals surface area contributed by atoms with E-state index < -0.39 is 41.8 Å². The number of aliphatic hydroxyl groups is 1. The first-order chi connectivity index (χ1) is 16.9. The van der Waals surface area contributed by atoms with E-state index in [2.05, 4.69) is 10.6 Å². The van der Waals surface area contributed by atoms with Crippen molar-refractivity contribution in [2.45, 2.75) is 77.9 Å². The third-order valence-electron chi connectivity index (χ3n) is 5.18. The number of hydrogen-bond donors (Lipinski definition) is 3. The molecule has 196 valence electrons. The maximum absolute atomic E-state index is 13.1. The number of hydrogen-bond acceptors (Lipinski definition) is 6. The molecule has 8 nitrogen and oxygen atoms in total. The van der Waals surface area contributed by atoms with E-state index in [0.717, 1.165) is 11.1 Å². The van der Waals surface area contributed by atoms with Crippen LogP contribution in [0.2, 0.25) is 0 Å². The maximum atomic E-state index is 13.1. The van der Waals surface area contributed by atoms with Crippen LogP contribution in [0, 0.1) is 5.92 Å². The number of carbonyl (C=O) groups is 3. The molecule has 3 N–H and O–H groups in total. The van der Waals surface area contributed by atoms with Crippen LogP contribution in [0.1, 0.15) is 52.2 Å². The van der Waals surface area contributed by atoms with Gasteiger partial charge >= 0.3 is 12.1 Å². The first kappa shape index (κ1) is 28.8. The molecule has 0 aliphatic rings. The Morgan fingerprint density at radius 2 is 1.44 bits per heavy atom. The Labute approximate surface area is 213 Å². The molecule has 2 aromatic rings. The summed E-state index contributed by atoms with van der Waals surface area (Å²) < 4.78 is 10.7. The molecule has 0 saturated carbocycles. The summed E-state index contributed by atoms with van der Waals surface area (Å²) in [6.07, 6.45) is -1.87. The summed E-state index contributed by atoms with van der Waals surface area (Å²) in [5, 5.41) is 16.1. The normalized spacial score (nSPS) is 13.9. The molecule has 0 heterocycles. The molecule has 0 unspecified atom stereocenters. The smallest absolute Gasteiger partial charge is 0.407 e. The third kappa shape index (κ3) is 10.5. The van der Waals surface area contributed by atoms with Gasteiger partial charge in [-0.2, -0.15) is 0 Å². The van der Waals surface area contributed by atoms with E-state index in [1.54, 1.807) is 20.8 Å². The molecule has 8 heteroatoms. The molecule has 2 amide bonds. The van der Waals surface area contributed by atoms with Gasteiger partial charge in [-0.15, -0.1) is 0 Å². The second-order valence-corrected chi connectivity index (χ2v) is 10.2. The van der Waals surface area contributed by atoms with Crippen LogP contribution in [0.4, 0.5) is 4.79 Å². The Kier molecular flexibility index (Phi) is 10.9. The molecule has 0 saturated heterocycles. The van der Waals surface area contributed by atoms with E-state index in [9.17, 15) is 19.5 Å². The molecule has 0 aliphatic heterocycles. The minimum absolute atomic E-state index is 0.0729. The van der Waals surface area contributed by atoms with Crippen LogP contribution in [0.3, 0.4) is 0 Å². The fraction of sp³-hybridized carbons (Fsp3) is 0.464. The third-order valence-corrected chi connectivity index (χ3v) is 5.18. The molecule has 36 heavy (non-hydrogen) atoms. The standard InChI is InChI=1S/C28H38N2O6/c1-19(2)16-23(26(33)35-18-21-14-10-7-11-15-21)29-25(32)24(31)22(17-20-12-8-6-9-13-20)30-27(34)36-28(3,4)5/h6-15,19,22-24,31H,16-18H2,1-5H3,(H,29,32)(H,30,34)/t22-,23+,24-/m1/s1. The fourth-order valence-corrected chi connectivity index (χ4v) is 3.52. The van der Waals surface area contributed by atoms with Crippen LogP contribution in [0.5, 0.6) is 0 Å². The molecule has 0 aliphatic carbocycles. The van der Waals surface area contributed by atoms with Gasteiger partial charge in [0, 0.05) is 0 Å². The van der Waals surface area contributed by atoms with Crippen molar-refractivity contribution in [1.29, 1.82) is 0 Å². The molecule has 0 fully saturated rings. The van der Waals surface area contributed by atoms with Crippen molar-refractivity contribution in [1.82, 2.24) is 10.6 Å². The van der Waals surface area contributed by atoms with Crippen molar-refractivity contribution in [3.8, 4) is 0 Å². The topological polar surface area (TPSA) is 114 Å². The zero-order chi connectivity index (χ0) is 26.7. The van der Waals surface area contributed by atoms with E-state index in [4.69, 9.17) is 9.47 Å². The maximum Gasteiger partial charge on any atom is 0.407 e. The lowest BCUT2D eigenvalue weighted by molar-refractivity contribution is -0.150. The minimum Gasteiger partial charge on any atom is -0.459 e. The average Bonchev–Trinajstić information content (AvgIpc) is 2.81. The van der Waals surface area contributed by atoms with Gasteiger partial charge in [-0.1, -0.05) is 74.5 Å². The summed E-state index contributed by atoms with van der Waals surface area (Å²) in [4.78, 5) is 38.3. The van der Waals surface area contributed by atoms with Crippen LogP contribution in [-0.2, 0) is 32.1 Å². The van der Waals surface area contributed by atoms with Crippen molar-refractivity contribution in [2.24, 2.45) is 5.92 Å². The number of alkyl carbamates (subject to hydrolysis) is 1. The van der Waals surface area contributed by atoms with Gasteiger partial charge < -0.3 is 25.2 Å². The second kappa shape index (κ2) is 13.6. The average molecular weight is 499 g/mol. The summed E-state index contributed by atoms with van der Waals surface area (Å²) in [6, 6.07) is 16.5. The van der Waals surface area contributed by atoms with Crippen LogP contribution in [0.15, 0.2) is 60.7 Å². The van der Waals surface area contributed by atoms with Crippen molar-refractivity contribution < 1.29 is 29.0 Å². The lowest BCUT2D eigenvalue weighted by Gasteiger charge is -2.27. The Hall–Kier alpha value is -3.39. The highest BCUT2D eigenvalue weighted by molar-refractivity contribution is 5.87. The number of carbonyl (C=O) groups excluding carboxylic acids is 3. The molecular weight excluding hydrogens is 460 g/mol. The molecule has 0 bridgehead atoms. The van der Waals surface area contributed by atoms with E-state index in [1.807, 2.05) is 74.5 Å². The van der Waals surface area contributed by atoms with Crippen molar-refractivity contribution in [3.05, 3.63) is 71.8 Å². The number of aliphatic hydroxyl groups excluding tert-OH is 1. The quantitative estimate of drug-likeness (QED) is 0.407. The van der Waals surface area contributed by atoms with E-state index in [-0.39, 0.29) is 18.9 Å². The van der Waals surface area contributed by atoms with Crippen molar-refractivity contribution in [2.75, 3.05) is 0 Å². The highest BCUT2D eigenvalue weighted by Crippen LogP contribution is 2.13. The number of rotatable bonds is 11. The predicted molar refractivity (Wildman–Crippen MR) is 137 cm³/mol. The summed E-state index contributed by atoms with van der Waals surface area (Å²) >= 11 is 0. The highest BCUT2D eigenvalue weighted by Gasteiger charge is 2.33. The van der Waals surface area contributed by atoms with Gasteiger partial charge in [0.1, 0.15) is 18.2 Å². The van der Waals surface area contributed by atoms with Gasteiger partial charge in [0.2, 0.25) is 0 Å². The molecular formula is C28H38N2O6. The SMILES string of the molecule is CC(C)C[C@H](NC(=O)[C@H](O)[C@@H](Cc1ccccc1)NC(=O)OC(C)(C)C)C(=O)OCc1ccccc1. The van der Waals surface area contributed by atoms with Gasteiger partial charge in [-0.05, 0) is 50.7 Å². The lowest BCUT2D eigenvalue weighted by atomic mass is 9.99. The van der Waals surface area contributed by atoms with Crippen LogP contribution < -0.4 is 10.6 Å². The summed E-state index contributed by atoms with van der Waals surface area (Å²) in [5.41, 5.74) is 0.885. The largest absolute Gasteiger partial charge is 0.459 e. The van der Waals surface area contributed by atoms with E-state index in [0.29, 0.717) is 6.42 Å². The fourth-order valence-electron chi connectivity index (χ4n) is 3.52. The zero-order valence-corrected chi connectivity index (χ0v) is 21.7. The van der Waals surface area contributed by atoms with Gasteiger partial charge in [0.05, 0.1) is 6.04 Å². The number of ether oxygens (including phenoxy) is 2. The van der Waals surface area contributed by atoms with Crippen LogP contribution in [-0.4, -0.2) is 46.9 Å². The van der Waals surface area contributed by atoms with E-state index in [1.165, 1.54) is 0 Å². The molecule has 2 aromatic carbocycles. The van der Waals surface area contributed by atoms with Crippen LogP contribution in [0.25, 0.3) is 0 Å². The first-order valence-corrected chi connectivity index (χ1v) is 12.2. The number of esters is 1.